The van der Waals surface area contributed by atoms with E-state index in [-0.39, 0.29) is 52.3 Å². The van der Waals surface area contributed by atoms with Crippen LogP contribution in [0.15, 0.2) is 11.6 Å². The molecule has 13 nitrogen and oxygen atoms in total. The lowest BCUT2D eigenvalue weighted by Crippen LogP contribution is -2.67. The lowest BCUT2D eigenvalue weighted by atomic mass is 9.33. The molecule has 5 aliphatic carbocycles. The van der Waals surface area contributed by atoms with Gasteiger partial charge in [0, 0.05) is 10.8 Å². The van der Waals surface area contributed by atoms with Crippen LogP contribution in [0.4, 0.5) is 0 Å². The van der Waals surface area contributed by atoms with E-state index < -0.39 is 72.8 Å². The van der Waals surface area contributed by atoms with Crippen molar-refractivity contribution in [3.8, 4) is 0 Å². The Morgan fingerprint density at radius 2 is 1.50 bits per heavy atom. The van der Waals surface area contributed by atoms with Crippen LogP contribution >= 0.6 is 0 Å². The molecule has 0 bridgehead atoms. The first-order valence-corrected chi connectivity index (χ1v) is 20.3. The molecule has 7 aliphatic rings. The van der Waals surface area contributed by atoms with E-state index in [9.17, 15) is 45.6 Å². The first-order chi connectivity index (χ1) is 25.1. The lowest BCUT2D eigenvalue weighted by Gasteiger charge is -2.72. The fourth-order valence-corrected chi connectivity index (χ4v) is 13.4. The minimum Gasteiger partial charge on any atom is -0.479 e. The van der Waals surface area contributed by atoms with E-state index in [2.05, 4.69) is 47.6 Å². The normalized spacial score (nSPS) is 55.7. The highest BCUT2D eigenvalue weighted by molar-refractivity contribution is 5.73. The number of ether oxygens (including phenoxy) is 4. The molecule has 0 spiro atoms. The van der Waals surface area contributed by atoms with Gasteiger partial charge in [-0.2, -0.15) is 0 Å². The van der Waals surface area contributed by atoms with Crippen molar-refractivity contribution in [2.45, 2.75) is 174 Å². The number of fused-ring (bicyclic) bond motifs is 7. The quantitative estimate of drug-likeness (QED) is 0.144. The monoisotopic (exact) mass is 766 g/mol. The summed E-state index contributed by atoms with van der Waals surface area (Å²) in [6.45, 7) is 15.7. The molecule has 308 valence electrons. The number of hydrogen-bond donors (Lipinski definition) is 8. The third kappa shape index (κ3) is 5.92. The Kier molecular flexibility index (Phi) is 10.4. The van der Waals surface area contributed by atoms with Crippen LogP contribution in [0.3, 0.4) is 0 Å². The molecule has 0 aromatic heterocycles. The average Bonchev–Trinajstić information content (AvgIpc) is 3.10. The second kappa shape index (κ2) is 13.7. The molecule has 7 rings (SSSR count). The van der Waals surface area contributed by atoms with Crippen molar-refractivity contribution in [2.24, 2.45) is 50.2 Å². The van der Waals surface area contributed by atoms with Gasteiger partial charge in [-0.05, 0) is 97.2 Å². The maximum atomic E-state index is 12.1. The van der Waals surface area contributed by atoms with E-state index in [4.69, 9.17) is 18.9 Å². The molecule has 6 fully saturated rings. The smallest absolute Gasteiger partial charge is 0.335 e. The van der Waals surface area contributed by atoms with Crippen LogP contribution in [0.2, 0.25) is 0 Å². The summed E-state index contributed by atoms with van der Waals surface area (Å²) in [5.74, 6) is -0.852. The third-order valence-electron chi connectivity index (χ3n) is 17.0. The first-order valence-electron chi connectivity index (χ1n) is 20.3. The summed E-state index contributed by atoms with van der Waals surface area (Å²) < 4.78 is 23.7. The second-order valence-electron chi connectivity index (χ2n) is 20.4. The van der Waals surface area contributed by atoms with Crippen molar-refractivity contribution in [1.29, 1.82) is 0 Å². The van der Waals surface area contributed by atoms with Crippen LogP contribution in [0.1, 0.15) is 106 Å². The summed E-state index contributed by atoms with van der Waals surface area (Å²) in [6.07, 6.45) is -5.53. The largest absolute Gasteiger partial charge is 0.479 e. The average molecular weight is 767 g/mol. The number of carbonyl (C=O) groups is 1. The first kappa shape index (κ1) is 40.9. The van der Waals surface area contributed by atoms with Crippen molar-refractivity contribution in [3.05, 3.63) is 11.6 Å². The molecule has 0 radical (unpaired) electrons. The highest BCUT2D eigenvalue weighted by atomic mass is 16.8. The van der Waals surface area contributed by atoms with E-state index in [1.165, 1.54) is 5.57 Å². The number of allylic oxidation sites excluding steroid dienone is 2. The standard InChI is InChI=1S/C41H66O13/c1-36(2)16-21-20-8-9-24-38(4)12-11-26(39(5,19-42)23(38)10-13-41(24,7)40(20,6)15-14-37(21,3)25(44)17-36)52-35-32(29(47)28(46)31(53-35)33(49)50)54-34-30(48)27(45)22(43)18-51-34/h8,21-32,34-35,42-48H,9-19H2,1-7H3,(H,49,50)/t21?,22-,23+,24?,25+,26-,27-,28-,29-,30+,31-,32+,34+,35+,37+,38-,39+,40+,41+/m0/s1. The zero-order valence-electron chi connectivity index (χ0n) is 33.1. The Morgan fingerprint density at radius 1 is 0.796 bits per heavy atom. The molecule has 0 aromatic carbocycles. The predicted octanol–water partition coefficient (Wildman–Crippen LogP) is 2.49. The number of aliphatic hydroxyl groups is 7. The second-order valence-corrected chi connectivity index (χ2v) is 20.4. The number of aliphatic hydroxyl groups excluding tert-OH is 7. The summed E-state index contributed by atoms with van der Waals surface area (Å²) in [7, 11) is 0. The highest BCUT2D eigenvalue weighted by Crippen LogP contribution is 2.76. The molecular formula is C41H66O13. The van der Waals surface area contributed by atoms with Gasteiger partial charge in [-0.25, -0.2) is 4.79 Å². The number of hydrogen-bond acceptors (Lipinski definition) is 12. The minimum atomic E-state index is -1.91. The summed E-state index contributed by atoms with van der Waals surface area (Å²) in [4.78, 5) is 12.1. The van der Waals surface area contributed by atoms with E-state index in [1.54, 1.807) is 0 Å². The predicted molar refractivity (Wildman–Crippen MR) is 193 cm³/mol. The Morgan fingerprint density at radius 3 is 2.17 bits per heavy atom. The molecule has 19 atom stereocenters. The van der Waals surface area contributed by atoms with Crippen molar-refractivity contribution >= 4 is 5.97 Å². The molecule has 0 amide bonds. The van der Waals surface area contributed by atoms with Crippen LogP contribution in [0, 0.1) is 50.2 Å². The molecule has 2 saturated heterocycles. The number of carboxylic acid groups (broad SMARTS) is 1. The molecule has 54 heavy (non-hydrogen) atoms. The third-order valence-corrected chi connectivity index (χ3v) is 17.0. The van der Waals surface area contributed by atoms with E-state index in [0.717, 1.165) is 51.4 Å². The zero-order valence-corrected chi connectivity index (χ0v) is 33.1. The van der Waals surface area contributed by atoms with Crippen molar-refractivity contribution in [3.63, 3.8) is 0 Å². The lowest BCUT2D eigenvalue weighted by molar-refractivity contribution is -0.367. The van der Waals surface area contributed by atoms with Gasteiger partial charge < -0.3 is 59.8 Å². The number of aliphatic carboxylic acids is 1. The molecule has 2 aliphatic heterocycles. The highest BCUT2D eigenvalue weighted by Gasteiger charge is 2.69. The molecule has 8 N–H and O–H groups in total. The summed E-state index contributed by atoms with van der Waals surface area (Å²) in [6, 6.07) is 0. The van der Waals surface area contributed by atoms with E-state index >= 15 is 0 Å². The van der Waals surface area contributed by atoms with Gasteiger partial charge in [0.1, 0.15) is 36.6 Å². The van der Waals surface area contributed by atoms with Crippen molar-refractivity contribution < 1.29 is 64.6 Å². The summed E-state index contributed by atoms with van der Waals surface area (Å²) >= 11 is 0. The SMILES string of the molecule is CC1(C)CC2C3=CCC4[C@@]5(C)CC[C@H](O[C@@H]6O[C@H](C(=O)O)[C@@H](O)[C@H](O)[C@H]6O[C@H]6OC[C@H](O)[C@H](O)[C@H]6O)[C@](C)(CO)[C@@H]5CC[C@@]4(C)[C@]3(C)CC[C@@]2(C)[C@H](O)C1. The van der Waals surface area contributed by atoms with Gasteiger partial charge in [-0.1, -0.05) is 60.1 Å². The summed E-state index contributed by atoms with van der Waals surface area (Å²) in [5.41, 5.74) is 0.419. The van der Waals surface area contributed by atoms with Crippen LogP contribution in [0.5, 0.6) is 0 Å². The topological polar surface area (TPSA) is 216 Å². The van der Waals surface area contributed by atoms with Gasteiger partial charge in [-0.15, -0.1) is 0 Å². The van der Waals surface area contributed by atoms with Crippen molar-refractivity contribution in [1.82, 2.24) is 0 Å². The minimum absolute atomic E-state index is 0.0143. The molecule has 2 unspecified atom stereocenters. The molecule has 0 aromatic rings. The van der Waals surface area contributed by atoms with E-state index in [0.29, 0.717) is 18.3 Å². The van der Waals surface area contributed by atoms with Gasteiger partial charge in [0.15, 0.2) is 18.7 Å². The van der Waals surface area contributed by atoms with Crippen molar-refractivity contribution in [2.75, 3.05) is 13.2 Å². The zero-order chi connectivity index (χ0) is 39.6. The van der Waals surface area contributed by atoms with Gasteiger partial charge in [0.25, 0.3) is 0 Å². The van der Waals surface area contributed by atoms with Crippen LogP contribution in [-0.4, -0.2) is 128 Å². The molecule has 2 heterocycles. The van der Waals surface area contributed by atoms with E-state index in [1.807, 2.05) is 6.92 Å². The van der Waals surface area contributed by atoms with Gasteiger partial charge in [-0.3, -0.25) is 0 Å². The Labute approximate surface area is 319 Å². The van der Waals surface area contributed by atoms with Crippen LogP contribution in [-0.2, 0) is 23.7 Å². The Balaban J connectivity index is 1.17. The van der Waals surface area contributed by atoms with Gasteiger partial charge >= 0.3 is 5.97 Å². The Bertz CT molecular complexity index is 1470. The maximum absolute atomic E-state index is 12.1. The maximum Gasteiger partial charge on any atom is 0.335 e. The van der Waals surface area contributed by atoms with Crippen LogP contribution in [0.25, 0.3) is 0 Å². The van der Waals surface area contributed by atoms with Crippen LogP contribution < -0.4 is 0 Å². The van der Waals surface area contributed by atoms with Gasteiger partial charge in [0.2, 0.25) is 0 Å². The van der Waals surface area contributed by atoms with Gasteiger partial charge in [0.05, 0.1) is 25.4 Å². The fraction of sp³-hybridized carbons (Fsp3) is 0.927. The summed E-state index contributed by atoms with van der Waals surface area (Å²) in [5, 5.41) is 85.5. The molecule has 4 saturated carbocycles. The molecular weight excluding hydrogens is 700 g/mol. The Hall–Kier alpha value is -1.23. The fourth-order valence-electron chi connectivity index (χ4n) is 13.4. The number of rotatable bonds is 6. The number of carboxylic acids is 1. The molecule has 13 heteroatoms.